The first-order valence-corrected chi connectivity index (χ1v) is 9.30. The van der Waals surface area contributed by atoms with Crippen LogP contribution in [-0.2, 0) is 13.0 Å². The predicted molar refractivity (Wildman–Crippen MR) is 109 cm³/mol. The second-order valence-corrected chi connectivity index (χ2v) is 6.54. The smallest absolute Gasteiger partial charge is 0.387 e. The van der Waals surface area contributed by atoms with Crippen LogP contribution in [0, 0.1) is 0 Å². The lowest BCUT2D eigenvalue weighted by Crippen LogP contribution is -2.11. The van der Waals surface area contributed by atoms with Gasteiger partial charge in [0.25, 0.3) is 5.91 Å². The highest BCUT2D eigenvalue weighted by Crippen LogP contribution is 2.29. The third kappa shape index (κ3) is 5.61. The van der Waals surface area contributed by atoms with Crippen LogP contribution in [0.1, 0.15) is 21.9 Å². The number of rotatable bonds is 9. The van der Waals surface area contributed by atoms with Crippen LogP contribution < -0.4 is 14.8 Å². The summed E-state index contributed by atoms with van der Waals surface area (Å²) < 4.78 is 40.2. The normalized spacial score (nSPS) is 10.7. The molecule has 0 aliphatic rings. The maximum atomic E-state index is 12.4. The predicted octanol–water partition coefficient (Wildman–Crippen LogP) is 6.09. The number of hydrogen-bond acceptors (Lipinski definition) is 4. The highest BCUT2D eigenvalue weighted by Gasteiger charge is 2.14. The molecule has 3 rings (SSSR count). The van der Waals surface area contributed by atoms with E-state index in [9.17, 15) is 13.6 Å². The van der Waals surface area contributed by atoms with Crippen LogP contribution in [0.3, 0.4) is 0 Å². The van der Waals surface area contributed by atoms with Crippen molar-refractivity contribution in [2.45, 2.75) is 19.6 Å². The van der Waals surface area contributed by atoms with E-state index < -0.39 is 12.5 Å². The number of amides is 1. The summed E-state index contributed by atoms with van der Waals surface area (Å²) in [5, 5.41) is 2.52. The zero-order chi connectivity index (χ0) is 21.5. The molecular formula is C22H18ClF2NO4. The van der Waals surface area contributed by atoms with Gasteiger partial charge < -0.3 is 19.2 Å². The van der Waals surface area contributed by atoms with Gasteiger partial charge in [0, 0.05) is 5.69 Å². The van der Waals surface area contributed by atoms with E-state index >= 15 is 0 Å². The third-order valence-corrected chi connectivity index (χ3v) is 4.29. The molecule has 0 saturated heterocycles. The van der Waals surface area contributed by atoms with Gasteiger partial charge in [-0.25, -0.2) is 0 Å². The summed E-state index contributed by atoms with van der Waals surface area (Å²) in [6.45, 7) is 0.884. The molecule has 0 atom stereocenters. The van der Waals surface area contributed by atoms with Gasteiger partial charge in [0.05, 0.1) is 5.02 Å². The molecule has 0 bridgehead atoms. The first-order chi connectivity index (χ1) is 14.5. The Morgan fingerprint density at radius 2 is 1.97 bits per heavy atom. The van der Waals surface area contributed by atoms with Crippen molar-refractivity contribution in [1.29, 1.82) is 0 Å². The minimum absolute atomic E-state index is 0.0557. The molecule has 0 fully saturated rings. The first-order valence-electron chi connectivity index (χ1n) is 8.92. The lowest BCUT2D eigenvalue weighted by Gasteiger charge is -2.09. The molecule has 0 aliphatic heterocycles. The van der Waals surface area contributed by atoms with Gasteiger partial charge in [-0.05, 0) is 48.4 Å². The molecule has 0 spiro atoms. The zero-order valence-electron chi connectivity index (χ0n) is 15.7. The number of benzene rings is 2. The number of anilines is 1. The fraction of sp³-hybridized carbons (Fsp3) is 0.136. The molecule has 5 nitrogen and oxygen atoms in total. The number of para-hydroxylation sites is 1. The Bertz CT molecular complexity index is 1040. The zero-order valence-corrected chi connectivity index (χ0v) is 16.5. The lowest BCUT2D eigenvalue weighted by molar-refractivity contribution is -0.0497. The van der Waals surface area contributed by atoms with E-state index in [1.54, 1.807) is 12.1 Å². The maximum absolute atomic E-state index is 12.4. The molecule has 2 aromatic carbocycles. The molecule has 0 radical (unpaired) electrons. The second-order valence-electron chi connectivity index (χ2n) is 6.13. The Labute approximate surface area is 176 Å². The van der Waals surface area contributed by atoms with E-state index in [1.807, 2.05) is 24.3 Å². The van der Waals surface area contributed by atoms with Gasteiger partial charge in [0.2, 0.25) is 0 Å². The fourth-order valence-corrected chi connectivity index (χ4v) is 2.88. The van der Waals surface area contributed by atoms with Gasteiger partial charge in [0.1, 0.15) is 23.9 Å². The number of carbonyl (C=O) groups is 1. The van der Waals surface area contributed by atoms with Crippen LogP contribution >= 0.6 is 11.6 Å². The molecule has 1 aromatic heterocycles. The molecule has 0 saturated carbocycles. The highest BCUT2D eigenvalue weighted by molar-refractivity contribution is 6.32. The Kier molecular flexibility index (Phi) is 7.08. The van der Waals surface area contributed by atoms with Crippen molar-refractivity contribution in [3.63, 3.8) is 0 Å². The van der Waals surface area contributed by atoms with E-state index in [2.05, 4.69) is 16.6 Å². The summed E-state index contributed by atoms with van der Waals surface area (Å²) in [7, 11) is 0. The van der Waals surface area contributed by atoms with Crippen LogP contribution in [0.2, 0.25) is 5.02 Å². The maximum Gasteiger partial charge on any atom is 0.387 e. The highest BCUT2D eigenvalue weighted by atomic mass is 35.5. The van der Waals surface area contributed by atoms with E-state index in [-0.39, 0.29) is 23.1 Å². The van der Waals surface area contributed by atoms with Crippen molar-refractivity contribution in [3.8, 4) is 11.5 Å². The molecule has 0 aliphatic carbocycles. The van der Waals surface area contributed by atoms with Crippen LogP contribution in [0.5, 0.6) is 11.5 Å². The first kappa shape index (κ1) is 21.4. The quantitative estimate of drug-likeness (QED) is 0.414. The Hall–Kier alpha value is -3.32. The lowest BCUT2D eigenvalue weighted by atomic mass is 10.1. The molecule has 1 N–H and O–H groups in total. The van der Waals surface area contributed by atoms with Crippen molar-refractivity contribution in [2.75, 3.05) is 5.32 Å². The monoisotopic (exact) mass is 433 g/mol. The van der Waals surface area contributed by atoms with Crippen molar-refractivity contribution < 1.29 is 27.5 Å². The number of allylic oxidation sites excluding steroid dienone is 1. The molecular weight excluding hydrogens is 416 g/mol. The number of furan rings is 1. The Balaban J connectivity index is 1.61. The Morgan fingerprint density at radius 3 is 2.70 bits per heavy atom. The van der Waals surface area contributed by atoms with E-state index in [1.165, 1.54) is 24.3 Å². The summed E-state index contributed by atoms with van der Waals surface area (Å²) in [5.41, 5.74) is 1.30. The number of nitrogens with one attached hydrogen (secondary N) is 1. The van der Waals surface area contributed by atoms with Gasteiger partial charge in [0.15, 0.2) is 5.76 Å². The molecule has 8 heteroatoms. The molecule has 156 valence electrons. The molecule has 1 amide bonds. The van der Waals surface area contributed by atoms with Gasteiger partial charge in [-0.3, -0.25) is 4.79 Å². The van der Waals surface area contributed by atoms with Crippen molar-refractivity contribution in [2.24, 2.45) is 0 Å². The Morgan fingerprint density at radius 1 is 1.17 bits per heavy atom. The molecule has 0 unspecified atom stereocenters. The third-order valence-electron chi connectivity index (χ3n) is 4.00. The van der Waals surface area contributed by atoms with Gasteiger partial charge in [-0.2, -0.15) is 8.78 Å². The van der Waals surface area contributed by atoms with Crippen molar-refractivity contribution >= 4 is 23.2 Å². The summed E-state index contributed by atoms with van der Waals surface area (Å²) >= 11 is 5.89. The van der Waals surface area contributed by atoms with Gasteiger partial charge in [-0.15, -0.1) is 6.58 Å². The summed E-state index contributed by atoms with van der Waals surface area (Å²) in [5.74, 6) is 0.538. The topological polar surface area (TPSA) is 60.7 Å². The summed E-state index contributed by atoms with van der Waals surface area (Å²) in [6.07, 6.45) is 2.46. The number of ether oxygens (including phenoxy) is 2. The average molecular weight is 434 g/mol. The number of halogens is 3. The van der Waals surface area contributed by atoms with Crippen LogP contribution in [0.25, 0.3) is 0 Å². The largest absolute Gasteiger partial charge is 0.485 e. The van der Waals surface area contributed by atoms with Gasteiger partial charge in [-0.1, -0.05) is 35.9 Å². The minimum atomic E-state index is -2.99. The number of carbonyl (C=O) groups excluding carboxylic acids is 1. The minimum Gasteiger partial charge on any atom is -0.485 e. The van der Waals surface area contributed by atoms with Crippen molar-refractivity contribution in [3.05, 3.63) is 89.4 Å². The van der Waals surface area contributed by atoms with Gasteiger partial charge >= 0.3 is 6.61 Å². The molecule has 1 heterocycles. The van der Waals surface area contributed by atoms with E-state index in [4.69, 9.17) is 20.8 Å². The number of hydrogen-bond donors (Lipinski definition) is 1. The molecule has 3 aromatic rings. The van der Waals surface area contributed by atoms with Crippen LogP contribution in [0.15, 0.2) is 71.7 Å². The average Bonchev–Trinajstić information content (AvgIpc) is 3.19. The van der Waals surface area contributed by atoms with E-state index in [0.717, 1.165) is 5.56 Å². The molecule has 30 heavy (non-hydrogen) atoms. The van der Waals surface area contributed by atoms with Crippen molar-refractivity contribution in [1.82, 2.24) is 0 Å². The van der Waals surface area contributed by atoms with E-state index in [0.29, 0.717) is 23.6 Å². The number of alkyl halides is 2. The second kappa shape index (κ2) is 9.93. The fourth-order valence-electron chi connectivity index (χ4n) is 2.66. The van der Waals surface area contributed by atoms with Crippen LogP contribution in [0.4, 0.5) is 14.5 Å². The SMILES string of the molecule is C=CCc1ccccc1OCc1ccc(C(=O)Nc2ccc(OC(F)F)c(Cl)c2)o1. The summed E-state index contributed by atoms with van der Waals surface area (Å²) in [6, 6.07) is 14.7. The van der Waals surface area contributed by atoms with Crippen LogP contribution in [-0.4, -0.2) is 12.5 Å². The standard InChI is InChI=1S/C22H18ClF2NO4/c1-2-5-14-6-3-4-7-18(14)28-13-16-9-11-20(29-16)21(27)26-15-8-10-19(17(23)12-15)30-22(24)25/h2-4,6-12,22H,1,5,13H2,(H,26,27). The summed E-state index contributed by atoms with van der Waals surface area (Å²) in [4.78, 5) is 12.4.